The third-order valence-corrected chi connectivity index (χ3v) is 3.35. The van der Waals surface area contributed by atoms with Gasteiger partial charge in [0.25, 0.3) is 5.70 Å². The summed E-state index contributed by atoms with van der Waals surface area (Å²) in [5, 5.41) is 13.1. The second kappa shape index (κ2) is 9.20. The molecule has 23 heavy (non-hydrogen) atoms. The molecule has 0 heterocycles. The zero-order valence-corrected chi connectivity index (χ0v) is 13.6. The van der Waals surface area contributed by atoms with E-state index in [0.29, 0.717) is 6.54 Å². The van der Waals surface area contributed by atoms with Crippen molar-refractivity contribution in [1.82, 2.24) is 0 Å². The number of anilines is 1. The average molecular weight is 310 g/mol. The van der Waals surface area contributed by atoms with Crippen molar-refractivity contribution in [2.75, 3.05) is 18.5 Å². The van der Waals surface area contributed by atoms with E-state index in [1.165, 1.54) is 16.8 Å². The monoisotopic (exact) mass is 310 g/mol. The van der Waals surface area contributed by atoms with Crippen LogP contribution in [0.25, 0.3) is 10.8 Å². The van der Waals surface area contributed by atoms with Crippen LogP contribution in [-0.4, -0.2) is 18.5 Å². The summed E-state index contributed by atoms with van der Waals surface area (Å²) in [4.78, 5) is 12.4. The van der Waals surface area contributed by atoms with Crippen molar-refractivity contribution in [3.63, 3.8) is 0 Å². The van der Waals surface area contributed by atoms with E-state index in [-0.39, 0.29) is 10.6 Å². The van der Waals surface area contributed by atoms with Crippen LogP contribution < -0.4 is 4.90 Å². The fraction of sp³-hybridized carbons (Fsp3) is 0.158. The Labute approximate surface area is 137 Å². The van der Waals surface area contributed by atoms with Crippen molar-refractivity contribution >= 4 is 16.5 Å². The zero-order valence-electron chi connectivity index (χ0n) is 13.6. The van der Waals surface area contributed by atoms with Crippen LogP contribution in [0.5, 0.6) is 0 Å². The van der Waals surface area contributed by atoms with E-state index in [1.54, 1.807) is 19.1 Å². The van der Waals surface area contributed by atoms with E-state index in [2.05, 4.69) is 42.3 Å². The minimum Gasteiger partial charge on any atom is -0.370 e. The van der Waals surface area contributed by atoms with Crippen molar-refractivity contribution in [2.45, 2.75) is 6.92 Å². The van der Waals surface area contributed by atoms with Gasteiger partial charge in [-0.3, -0.25) is 10.1 Å². The standard InChI is InChI=1S/C17H18N2O2.C2H4/c1-3-15(19(20)21)10-7-13-18(2)17-12-6-9-14-8-4-5-11-16(14)17;1-2/h3-12H,13H2,1-2H3;1-2H2/b10-7-,15-3+;. The fourth-order valence-corrected chi connectivity index (χ4v) is 2.23. The predicted octanol–water partition coefficient (Wildman–Crippen LogP) is 4.81. The van der Waals surface area contributed by atoms with Crippen LogP contribution in [0.2, 0.25) is 0 Å². The zero-order chi connectivity index (χ0) is 17.2. The van der Waals surface area contributed by atoms with Crippen LogP contribution in [0.15, 0.2) is 79.5 Å². The molecule has 0 radical (unpaired) electrons. The fourth-order valence-electron chi connectivity index (χ4n) is 2.23. The van der Waals surface area contributed by atoms with Crippen LogP contribution in [0.3, 0.4) is 0 Å². The lowest BCUT2D eigenvalue weighted by Crippen LogP contribution is -2.17. The molecule has 0 bridgehead atoms. The van der Waals surface area contributed by atoms with E-state index in [4.69, 9.17) is 0 Å². The Morgan fingerprint density at radius 3 is 2.52 bits per heavy atom. The summed E-state index contributed by atoms with van der Waals surface area (Å²) >= 11 is 0. The van der Waals surface area contributed by atoms with Gasteiger partial charge >= 0.3 is 0 Å². The molecule has 4 nitrogen and oxygen atoms in total. The van der Waals surface area contributed by atoms with E-state index in [1.807, 2.05) is 25.2 Å². The quantitative estimate of drug-likeness (QED) is 0.344. The minimum absolute atomic E-state index is 0.112. The molecule has 2 aromatic carbocycles. The van der Waals surface area contributed by atoms with E-state index in [0.717, 1.165) is 5.69 Å². The van der Waals surface area contributed by atoms with Gasteiger partial charge in [0.2, 0.25) is 0 Å². The summed E-state index contributed by atoms with van der Waals surface area (Å²) in [5.41, 5.74) is 1.22. The molecule has 0 atom stereocenters. The molecule has 0 fully saturated rings. The van der Waals surface area contributed by atoms with Gasteiger partial charge in [0.15, 0.2) is 0 Å². The number of allylic oxidation sites excluding steroid dienone is 2. The maximum atomic E-state index is 10.7. The Balaban J connectivity index is 0.00000127. The Morgan fingerprint density at radius 2 is 1.87 bits per heavy atom. The Morgan fingerprint density at radius 1 is 1.22 bits per heavy atom. The lowest BCUT2D eigenvalue weighted by Gasteiger charge is -2.19. The maximum Gasteiger partial charge on any atom is 0.264 e. The molecule has 4 heteroatoms. The van der Waals surface area contributed by atoms with Gasteiger partial charge in [-0.1, -0.05) is 42.5 Å². The van der Waals surface area contributed by atoms with Gasteiger partial charge in [-0.15, -0.1) is 13.2 Å². The third kappa shape index (κ3) is 4.81. The van der Waals surface area contributed by atoms with Crippen LogP contribution >= 0.6 is 0 Å². The highest BCUT2D eigenvalue weighted by Crippen LogP contribution is 2.25. The largest absolute Gasteiger partial charge is 0.370 e. The van der Waals surface area contributed by atoms with Crippen LogP contribution in [0.4, 0.5) is 5.69 Å². The first-order valence-corrected chi connectivity index (χ1v) is 7.29. The second-order valence-corrected chi connectivity index (χ2v) is 4.75. The lowest BCUT2D eigenvalue weighted by atomic mass is 10.1. The predicted molar refractivity (Wildman–Crippen MR) is 98.4 cm³/mol. The smallest absolute Gasteiger partial charge is 0.264 e. The number of nitrogens with zero attached hydrogens (tertiary/aromatic N) is 2. The number of likely N-dealkylation sites (N-methyl/N-ethyl adjacent to an activating group) is 1. The number of hydrogen-bond acceptors (Lipinski definition) is 3. The van der Waals surface area contributed by atoms with Gasteiger partial charge in [-0.05, 0) is 24.5 Å². The SMILES string of the molecule is C/C=C(\C=C/CN(C)c1cccc2ccccc12)[N+](=O)[O-].C=C. The van der Waals surface area contributed by atoms with Crippen molar-refractivity contribution in [3.05, 3.63) is 89.7 Å². The minimum atomic E-state index is -0.381. The Bertz CT molecular complexity index is 715. The van der Waals surface area contributed by atoms with Crippen LogP contribution in [0, 0.1) is 10.1 Å². The summed E-state index contributed by atoms with van der Waals surface area (Å²) in [6.45, 7) is 8.27. The van der Waals surface area contributed by atoms with E-state index in [9.17, 15) is 10.1 Å². The summed E-state index contributed by atoms with van der Waals surface area (Å²) in [6, 6.07) is 14.3. The lowest BCUT2D eigenvalue weighted by molar-refractivity contribution is -0.419. The molecule has 2 rings (SSSR count). The van der Waals surface area contributed by atoms with Crippen molar-refractivity contribution in [2.24, 2.45) is 0 Å². The van der Waals surface area contributed by atoms with Gasteiger partial charge in [-0.25, -0.2) is 0 Å². The molecule has 0 amide bonds. The van der Waals surface area contributed by atoms with Gasteiger partial charge in [0, 0.05) is 30.7 Å². The molecule has 120 valence electrons. The molecular formula is C19H22N2O2. The van der Waals surface area contributed by atoms with E-state index >= 15 is 0 Å². The van der Waals surface area contributed by atoms with E-state index < -0.39 is 0 Å². The Kier molecular flexibility index (Phi) is 7.27. The number of benzene rings is 2. The molecule has 0 N–H and O–H groups in total. The van der Waals surface area contributed by atoms with Crippen LogP contribution in [-0.2, 0) is 0 Å². The first-order chi connectivity index (χ1) is 11.1. The molecule has 0 spiro atoms. The number of rotatable bonds is 5. The van der Waals surface area contributed by atoms with Crippen molar-refractivity contribution in [3.8, 4) is 0 Å². The van der Waals surface area contributed by atoms with Crippen molar-refractivity contribution in [1.29, 1.82) is 0 Å². The number of hydrogen-bond donors (Lipinski definition) is 0. The van der Waals surface area contributed by atoms with Gasteiger partial charge in [0.05, 0.1) is 4.92 Å². The maximum absolute atomic E-state index is 10.7. The summed E-state index contributed by atoms with van der Waals surface area (Å²) in [5.74, 6) is 0. The van der Waals surface area contributed by atoms with Crippen molar-refractivity contribution < 1.29 is 4.92 Å². The van der Waals surface area contributed by atoms with Gasteiger partial charge in [0.1, 0.15) is 0 Å². The molecule has 0 saturated carbocycles. The third-order valence-electron chi connectivity index (χ3n) is 3.35. The summed E-state index contributed by atoms with van der Waals surface area (Å²) in [7, 11) is 1.98. The molecule has 0 aliphatic heterocycles. The highest BCUT2D eigenvalue weighted by atomic mass is 16.6. The molecule has 0 aliphatic carbocycles. The number of nitro groups is 1. The normalized spacial score (nSPS) is 11.1. The molecule has 0 aliphatic rings. The first kappa shape index (κ1) is 18.2. The van der Waals surface area contributed by atoms with Gasteiger partial charge in [-0.2, -0.15) is 0 Å². The first-order valence-electron chi connectivity index (χ1n) is 7.29. The number of fused-ring (bicyclic) bond motifs is 1. The van der Waals surface area contributed by atoms with Gasteiger partial charge < -0.3 is 4.90 Å². The molecular weight excluding hydrogens is 288 g/mol. The molecule has 0 unspecified atom stereocenters. The topological polar surface area (TPSA) is 46.4 Å². The molecule has 0 aromatic heterocycles. The highest BCUT2D eigenvalue weighted by Gasteiger charge is 2.05. The summed E-state index contributed by atoms with van der Waals surface area (Å²) in [6.07, 6.45) is 4.84. The summed E-state index contributed by atoms with van der Waals surface area (Å²) < 4.78 is 0. The Hall–Kier alpha value is -2.88. The molecule has 0 saturated heterocycles. The highest BCUT2D eigenvalue weighted by molar-refractivity contribution is 5.94. The average Bonchev–Trinajstić information content (AvgIpc) is 2.59. The van der Waals surface area contributed by atoms with Crippen LogP contribution in [0.1, 0.15) is 6.92 Å². The second-order valence-electron chi connectivity index (χ2n) is 4.75. The molecule has 2 aromatic rings.